The van der Waals surface area contributed by atoms with Gasteiger partial charge in [0.05, 0.1) is 12.5 Å². The lowest BCUT2D eigenvalue weighted by Gasteiger charge is -2.29. The molecule has 0 radical (unpaired) electrons. The van der Waals surface area contributed by atoms with E-state index in [1.165, 1.54) is 31.2 Å². The van der Waals surface area contributed by atoms with Crippen molar-refractivity contribution in [2.45, 2.75) is 148 Å². The number of hydrogen-bond acceptors (Lipinski definition) is 14. The molecule has 0 saturated carbocycles. The van der Waals surface area contributed by atoms with E-state index in [1.807, 2.05) is 42.5 Å². The van der Waals surface area contributed by atoms with Crippen molar-refractivity contribution in [3.05, 3.63) is 125 Å². The Morgan fingerprint density at radius 1 is 0.506 bits per heavy atom. The summed E-state index contributed by atoms with van der Waals surface area (Å²) < 4.78 is 5.21. The zero-order valence-electron chi connectivity index (χ0n) is 50.3. The molecular formula is C63H84N10O14. The molecular weight excluding hydrogens is 1120 g/mol. The van der Waals surface area contributed by atoms with Gasteiger partial charge in [0, 0.05) is 32.2 Å². The number of carboxylic acid groups (broad SMARTS) is 2. The van der Waals surface area contributed by atoms with Gasteiger partial charge in [0.2, 0.25) is 47.3 Å². The van der Waals surface area contributed by atoms with Crippen molar-refractivity contribution in [3.8, 4) is 16.9 Å². The molecule has 8 atom stereocenters. The number of carbonyl (C=O) groups is 11. The van der Waals surface area contributed by atoms with Crippen molar-refractivity contribution in [1.82, 2.24) is 42.5 Å². The van der Waals surface area contributed by atoms with Crippen molar-refractivity contribution in [2.24, 2.45) is 23.3 Å². The molecule has 0 heterocycles. The summed E-state index contributed by atoms with van der Waals surface area (Å²) in [6, 6.07) is 18.6. The van der Waals surface area contributed by atoms with Crippen LogP contribution in [0.1, 0.15) is 95.9 Å². The molecule has 24 nitrogen and oxygen atoms in total. The summed E-state index contributed by atoms with van der Waals surface area (Å²) in [5, 5.41) is 40.3. The molecule has 0 aliphatic carbocycles. The third-order valence-electron chi connectivity index (χ3n) is 14.0. The standard InChI is InChI=1S/C63H84N10O14/c1-8-53(75)66-52(34-65)62(85)71-48(31-41-21-25-45(26-22-41)87-35-55(78)79)58(81)72-51(33-54(76)77)60(83)70-50(32-42-15-12-14-38(6)29-42)59(82)68-47(28-36(2)3)57(80)69-49(30-40-19-23-44(24-20-40)43-16-10-9-11-17-43)61(84)73-56(37(4)5)63(86)67-46(39(7)74)18-13-27-64/h9-12,14-17,19-26,29,36-37,46-52,56H,8,13,18,27-28,30-35,64-65H2,1-7H3,(H,66,75)(H,67,86)(H,68,82)(H,69,80)(H,70,83)(H,71,85)(H,72,81)(H,73,84)(H,76,77)(H,78,79)/t46-,47-,48-,49-,50-,51-,52-,56-/m0/s1. The Morgan fingerprint density at radius 3 is 1.48 bits per heavy atom. The average molecular weight is 1210 g/mol. The Morgan fingerprint density at radius 2 is 0.989 bits per heavy atom. The minimum atomic E-state index is -1.90. The van der Waals surface area contributed by atoms with E-state index in [0.29, 0.717) is 23.1 Å². The molecule has 4 aromatic carbocycles. The van der Waals surface area contributed by atoms with E-state index < -0.39 is 126 Å². The molecule has 0 bridgehead atoms. The van der Waals surface area contributed by atoms with E-state index in [9.17, 15) is 57.8 Å². The first-order chi connectivity index (χ1) is 41.3. The number of nitrogens with one attached hydrogen (secondary N) is 8. The maximum Gasteiger partial charge on any atom is 0.341 e. The lowest BCUT2D eigenvalue weighted by molar-refractivity contribution is -0.141. The number of hydrogen-bond donors (Lipinski definition) is 12. The van der Waals surface area contributed by atoms with Gasteiger partial charge in [-0.1, -0.05) is 131 Å². The third kappa shape index (κ3) is 24.1. The molecule has 0 aliphatic rings. The van der Waals surface area contributed by atoms with Crippen molar-refractivity contribution < 1.29 is 67.7 Å². The highest BCUT2D eigenvalue weighted by atomic mass is 16.5. The van der Waals surface area contributed by atoms with E-state index >= 15 is 0 Å². The highest BCUT2D eigenvalue weighted by molar-refractivity contribution is 5.99. The van der Waals surface area contributed by atoms with Crippen LogP contribution in [0, 0.1) is 18.8 Å². The van der Waals surface area contributed by atoms with Crippen molar-refractivity contribution in [2.75, 3.05) is 19.7 Å². The lowest BCUT2D eigenvalue weighted by atomic mass is 9.97. The highest BCUT2D eigenvalue weighted by Crippen LogP contribution is 2.21. The van der Waals surface area contributed by atoms with Gasteiger partial charge in [-0.15, -0.1) is 0 Å². The fourth-order valence-corrected chi connectivity index (χ4v) is 9.23. The molecule has 0 fully saturated rings. The van der Waals surface area contributed by atoms with E-state index in [1.54, 1.807) is 77.9 Å². The number of nitrogens with two attached hydrogens (primary N) is 2. The predicted octanol–water partition coefficient (Wildman–Crippen LogP) is 1.91. The number of Topliss-reactive ketones (excluding diaryl/α,β-unsaturated/α-hetero) is 1. The number of carbonyl (C=O) groups excluding carboxylic acids is 9. The number of rotatable bonds is 36. The van der Waals surface area contributed by atoms with Crippen LogP contribution in [0.3, 0.4) is 0 Å². The Bertz CT molecular complexity index is 3000. The Labute approximate surface area is 506 Å². The molecule has 87 heavy (non-hydrogen) atoms. The molecule has 24 heteroatoms. The Kier molecular flexibility index (Phi) is 28.7. The zero-order valence-corrected chi connectivity index (χ0v) is 50.3. The summed E-state index contributed by atoms with van der Waals surface area (Å²) in [7, 11) is 0. The molecule has 0 spiro atoms. The quantitative estimate of drug-likeness (QED) is 0.0309. The number of carboxylic acids is 2. The molecule has 14 N–H and O–H groups in total. The maximum absolute atomic E-state index is 14.8. The predicted molar refractivity (Wildman–Crippen MR) is 324 cm³/mol. The van der Waals surface area contributed by atoms with E-state index in [2.05, 4.69) is 42.5 Å². The largest absolute Gasteiger partial charge is 0.482 e. The molecule has 4 rings (SSSR count). The second-order valence-electron chi connectivity index (χ2n) is 22.1. The molecule has 0 aliphatic heterocycles. The molecule has 8 amide bonds. The number of ether oxygens (including phenoxy) is 1. The summed E-state index contributed by atoms with van der Waals surface area (Å²) in [5.41, 5.74) is 15.7. The Hall–Kier alpha value is -9.03. The zero-order chi connectivity index (χ0) is 64.3. The van der Waals surface area contributed by atoms with Gasteiger partial charge in [-0.25, -0.2) is 4.79 Å². The van der Waals surface area contributed by atoms with Crippen LogP contribution >= 0.6 is 0 Å². The molecule has 470 valence electrons. The molecule has 4 aromatic rings. The van der Waals surface area contributed by atoms with Crippen LogP contribution in [0.5, 0.6) is 5.75 Å². The van der Waals surface area contributed by atoms with Gasteiger partial charge in [-0.05, 0) is 91.4 Å². The fraction of sp³-hybridized carbons (Fsp3) is 0.444. The normalized spacial score (nSPS) is 13.8. The van der Waals surface area contributed by atoms with Crippen LogP contribution in [-0.2, 0) is 72.0 Å². The van der Waals surface area contributed by atoms with Crippen LogP contribution in [0.2, 0.25) is 0 Å². The number of aliphatic carboxylic acids is 2. The minimum Gasteiger partial charge on any atom is -0.482 e. The van der Waals surface area contributed by atoms with Crippen LogP contribution in [0.15, 0.2) is 103 Å². The van der Waals surface area contributed by atoms with Crippen molar-refractivity contribution in [1.29, 1.82) is 0 Å². The van der Waals surface area contributed by atoms with E-state index in [4.69, 9.17) is 21.3 Å². The first kappa shape index (κ1) is 70.5. The topological polar surface area (TPSA) is 386 Å². The number of aryl methyl sites for hydroxylation is 1. The summed E-state index contributed by atoms with van der Waals surface area (Å²) >= 11 is 0. The first-order valence-corrected chi connectivity index (χ1v) is 29.0. The van der Waals surface area contributed by atoms with E-state index in [0.717, 1.165) is 16.7 Å². The summed E-state index contributed by atoms with van der Waals surface area (Å²) in [6.07, 6.45) is -0.868. The first-order valence-electron chi connectivity index (χ1n) is 29.0. The van der Waals surface area contributed by atoms with E-state index in [-0.39, 0.29) is 69.1 Å². The van der Waals surface area contributed by atoms with Crippen LogP contribution in [-0.4, -0.2) is 143 Å². The minimum absolute atomic E-state index is 0.000854. The third-order valence-corrected chi connectivity index (χ3v) is 14.0. The van der Waals surface area contributed by atoms with Crippen LogP contribution in [0.4, 0.5) is 0 Å². The van der Waals surface area contributed by atoms with Gasteiger partial charge >= 0.3 is 11.9 Å². The second-order valence-corrected chi connectivity index (χ2v) is 22.1. The SMILES string of the molecule is CCC(=O)N[C@@H](CN)C(=O)N[C@@H](Cc1ccc(OCC(=O)O)cc1)C(=O)N[C@@H](CC(=O)O)C(=O)N[C@@H](Cc1cccc(C)c1)C(=O)N[C@@H](CC(C)C)C(=O)N[C@@H](Cc1ccc(-c2ccccc2)cc1)C(=O)N[C@H](C(=O)N[C@@H](CCCN)C(C)=O)C(C)C. The summed E-state index contributed by atoms with van der Waals surface area (Å²) in [6.45, 7) is 11.0. The molecule has 0 unspecified atom stereocenters. The van der Waals surface area contributed by atoms with Crippen molar-refractivity contribution >= 4 is 65.0 Å². The van der Waals surface area contributed by atoms with Crippen LogP contribution in [0.25, 0.3) is 11.1 Å². The smallest absolute Gasteiger partial charge is 0.341 e. The fourth-order valence-electron chi connectivity index (χ4n) is 9.23. The van der Waals surface area contributed by atoms with Gasteiger partial charge in [-0.3, -0.25) is 47.9 Å². The molecule has 0 saturated heterocycles. The number of ketones is 1. The van der Waals surface area contributed by atoms with Gasteiger partial charge in [0.1, 0.15) is 48.0 Å². The van der Waals surface area contributed by atoms with Gasteiger partial charge in [-0.2, -0.15) is 0 Å². The summed E-state index contributed by atoms with van der Waals surface area (Å²) in [4.78, 5) is 149. The average Bonchev–Trinajstić information content (AvgIpc) is 3.56. The van der Waals surface area contributed by atoms with Crippen molar-refractivity contribution in [3.63, 3.8) is 0 Å². The summed E-state index contributed by atoms with van der Waals surface area (Å²) in [5.74, 6) is -10.4. The highest BCUT2D eigenvalue weighted by Gasteiger charge is 2.36. The Balaban J connectivity index is 1.70. The van der Waals surface area contributed by atoms with Crippen LogP contribution < -0.4 is 58.7 Å². The van der Waals surface area contributed by atoms with Gasteiger partial charge in [0.25, 0.3) is 0 Å². The number of amides is 8. The number of benzene rings is 4. The molecule has 0 aromatic heterocycles. The van der Waals surface area contributed by atoms with Gasteiger partial charge in [0.15, 0.2) is 12.4 Å². The second kappa shape index (κ2) is 35.4. The maximum atomic E-state index is 14.8. The van der Waals surface area contributed by atoms with Gasteiger partial charge < -0.3 is 69.0 Å². The lowest BCUT2D eigenvalue weighted by Crippen LogP contribution is -2.61. The monoisotopic (exact) mass is 1200 g/mol.